The van der Waals surface area contributed by atoms with Crippen molar-refractivity contribution in [3.05, 3.63) is 0 Å². The second-order valence-corrected chi connectivity index (χ2v) is 7.18. The van der Waals surface area contributed by atoms with Crippen LogP contribution in [0.1, 0.15) is 46.0 Å². The fourth-order valence-corrected chi connectivity index (χ4v) is 4.28. The second kappa shape index (κ2) is 7.05. The van der Waals surface area contributed by atoms with E-state index in [0.29, 0.717) is 11.5 Å². The molecule has 1 saturated heterocycles. The molecule has 19 heavy (non-hydrogen) atoms. The largest absolute Gasteiger partial charge is 0.316 e. The van der Waals surface area contributed by atoms with Gasteiger partial charge in [0, 0.05) is 38.8 Å². The monoisotopic (exact) mass is 267 g/mol. The molecule has 0 radical (unpaired) electrons. The Hall–Kier alpha value is -0.120. The highest BCUT2D eigenvalue weighted by atomic mass is 15.2. The minimum absolute atomic E-state index is 0.369. The number of rotatable bonds is 5. The molecule has 0 aromatic carbocycles. The molecule has 2 N–H and O–H groups in total. The summed E-state index contributed by atoms with van der Waals surface area (Å²) in [5.74, 6) is 0.886. The first-order chi connectivity index (χ1) is 9.13. The van der Waals surface area contributed by atoms with Crippen molar-refractivity contribution < 1.29 is 0 Å². The van der Waals surface area contributed by atoms with Gasteiger partial charge >= 0.3 is 0 Å². The number of nitrogens with zero attached hydrogens (tertiary/aromatic N) is 1. The van der Waals surface area contributed by atoms with Crippen LogP contribution >= 0.6 is 0 Å². The smallest absolute Gasteiger partial charge is 0.0156 e. The van der Waals surface area contributed by atoms with Crippen molar-refractivity contribution in [1.82, 2.24) is 15.5 Å². The number of hydrogen-bond acceptors (Lipinski definition) is 3. The maximum atomic E-state index is 3.66. The lowest BCUT2D eigenvalue weighted by atomic mass is 9.71. The molecule has 1 aliphatic carbocycles. The highest BCUT2D eigenvalue weighted by molar-refractivity contribution is 4.92. The van der Waals surface area contributed by atoms with Gasteiger partial charge in [0.1, 0.15) is 0 Å². The summed E-state index contributed by atoms with van der Waals surface area (Å²) in [6.07, 6.45) is 7.18. The van der Waals surface area contributed by atoms with Crippen molar-refractivity contribution in [2.75, 3.05) is 39.8 Å². The quantitative estimate of drug-likeness (QED) is 0.799. The second-order valence-electron chi connectivity index (χ2n) is 7.18. The van der Waals surface area contributed by atoms with Gasteiger partial charge in [0.05, 0.1) is 0 Å². The van der Waals surface area contributed by atoms with Gasteiger partial charge in [0.15, 0.2) is 0 Å². The summed E-state index contributed by atoms with van der Waals surface area (Å²) < 4.78 is 0. The molecule has 2 fully saturated rings. The molecule has 1 unspecified atom stereocenters. The summed E-state index contributed by atoms with van der Waals surface area (Å²) in [5, 5.41) is 7.11. The molecule has 0 aromatic heterocycles. The molecule has 1 atom stereocenters. The van der Waals surface area contributed by atoms with Gasteiger partial charge in [-0.05, 0) is 31.2 Å². The van der Waals surface area contributed by atoms with Gasteiger partial charge in [-0.15, -0.1) is 0 Å². The summed E-state index contributed by atoms with van der Waals surface area (Å²) in [7, 11) is 2.17. The molecule has 3 heteroatoms. The fourth-order valence-electron chi connectivity index (χ4n) is 4.28. The van der Waals surface area contributed by atoms with Crippen LogP contribution in [0.4, 0.5) is 0 Å². The van der Waals surface area contributed by atoms with E-state index in [4.69, 9.17) is 0 Å². The Balaban J connectivity index is 1.93. The Morgan fingerprint density at radius 3 is 2.37 bits per heavy atom. The molecule has 0 amide bonds. The standard InChI is InChI=1S/C16H33N3/c1-16(2,13-19-11-9-18-10-12-19)15(17-3)14-7-5-4-6-8-14/h14-15,17-18H,4-13H2,1-3H3. The van der Waals surface area contributed by atoms with E-state index in [1.54, 1.807) is 0 Å². The summed E-state index contributed by atoms with van der Waals surface area (Å²) in [5.41, 5.74) is 0.369. The minimum Gasteiger partial charge on any atom is -0.316 e. The summed E-state index contributed by atoms with van der Waals surface area (Å²) in [4.78, 5) is 2.64. The van der Waals surface area contributed by atoms with Crippen LogP contribution in [-0.2, 0) is 0 Å². The maximum Gasteiger partial charge on any atom is 0.0156 e. The topological polar surface area (TPSA) is 27.3 Å². The number of nitrogens with one attached hydrogen (secondary N) is 2. The van der Waals surface area contributed by atoms with Gasteiger partial charge < -0.3 is 15.5 Å². The van der Waals surface area contributed by atoms with Crippen molar-refractivity contribution in [3.63, 3.8) is 0 Å². The molecule has 1 aliphatic heterocycles. The normalized spacial score (nSPS) is 25.4. The lowest BCUT2D eigenvalue weighted by molar-refractivity contribution is 0.0886. The van der Waals surface area contributed by atoms with Crippen molar-refractivity contribution in [3.8, 4) is 0 Å². The zero-order valence-corrected chi connectivity index (χ0v) is 13.2. The predicted molar refractivity (Wildman–Crippen MR) is 82.5 cm³/mol. The van der Waals surface area contributed by atoms with E-state index in [2.05, 4.69) is 36.4 Å². The van der Waals surface area contributed by atoms with E-state index in [0.717, 1.165) is 19.0 Å². The van der Waals surface area contributed by atoms with Crippen molar-refractivity contribution in [2.45, 2.75) is 52.0 Å². The molecule has 2 rings (SSSR count). The SMILES string of the molecule is CNC(C1CCCCC1)C(C)(C)CN1CCNCC1. The third kappa shape index (κ3) is 4.17. The molecule has 112 valence electrons. The Labute approximate surface area is 119 Å². The summed E-state index contributed by atoms with van der Waals surface area (Å²) >= 11 is 0. The van der Waals surface area contributed by atoms with Gasteiger partial charge in [0.2, 0.25) is 0 Å². The van der Waals surface area contributed by atoms with E-state index in [9.17, 15) is 0 Å². The van der Waals surface area contributed by atoms with Crippen LogP contribution in [0.25, 0.3) is 0 Å². The molecule has 0 aromatic rings. The molecule has 1 heterocycles. The van der Waals surface area contributed by atoms with Crippen LogP contribution in [-0.4, -0.2) is 50.7 Å². The van der Waals surface area contributed by atoms with Crippen LogP contribution < -0.4 is 10.6 Å². The van der Waals surface area contributed by atoms with Crippen LogP contribution in [0, 0.1) is 11.3 Å². The Morgan fingerprint density at radius 1 is 1.16 bits per heavy atom. The minimum atomic E-state index is 0.369. The Bertz CT molecular complexity index is 253. The summed E-state index contributed by atoms with van der Waals surface area (Å²) in [6.45, 7) is 10.9. The van der Waals surface area contributed by atoms with Crippen molar-refractivity contribution in [2.24, 2.45) is 11.3 Å². The zero-order chi connectivity index (χ0) is 13.7. The first-order valence-electron chi connectivity index (χ1n) is 8.24. The molecule has 0 bridgehead atoms. The molecule has 1 saturated carbocycles. The average Bonchev–Trinajstić information content (AvgIpc) is 2.41. The van der Waals surface area contributed by atoms with Gasteiger partial charge in [0.25, 0.3) is 0 Å². The predicted octanol–water partition coefficient (Wildman–Crippen LogP) is 2.09. The summed E-state index contributed by atoms with van der Waals surface area (Å²) in [6, 6.07) is 0.669. The zero-order valence-electron chi connectivity index (χ0n) is 13.2. The van der Waals surface area contributed by atoms with Gasteiger partial charge in [-0.2, -0.15) is 0 Å². The fraction of sp³-hybridized carbons (Fsp3) is 1.00. The molecule has 0 spiro atoms. The lowest BCUT2D eigenvalue weighted by Gasteiger charge is -2.44. The van der Waals surface area contributed by atoms with E-state index < -0.39 is 0 Å². The van der Waals surface area contributed by atoms with Gasteiger partial charge in [-0.1, -0.05) is 33.1 Å². The van der Waals surface area contributed by atoms with Crippen LogP contribution in [0.3, 0.4) is 0 Å². The van der Waals surface area contributed by atoms with E-state index in [-0.39, 0.29) is 0 Å². The first-order valence-corrected chi connectivity index (χ1v) is 8.24. The van der Waals surface area contributed by atoms with E-state index in [1.165, 1.54) is 51.7 Å². The third-order valence-corrected chi connectivity index (χ3v) is 5.11. The van der Waals surface area contributed by atoms with Crippen LogP contribution in [0.2, 0.25) is 0 Å². The molecular weight excluding hydrogens is 234 g/mol. The highest BCUT2D eigenvalue weighted by Gasteiger charge is 2.36. The van der Waals surface area contributed by atoms with Crippen LogP contribution in [0.15, 0.2) is 0 Å². The molecule has 3 nitrogen and oxygen atoms in total. The highest BCUT2D eigenvalue weighted by Crippen LogP contribution is 2.35. The van der Waals surface area contributed by atoms with Crippen molar-refractivity contribution in [1.29, 1.82) is 0 Å². The average molecular weight is 267 g/mol. The van der Waals surface area contributed by atoms with E-state index in [1.807, 2.05) is 0 Å². The van der Waals surface area contributed by atoms with Crippen molar-refractivity contribution >= 4 is 0 Å². The lowest BCUT2D eigenvalue weighted by Crippen LogP contribution is -2.54. The Kier molecular flexibility index (Phi) is 5.67. The van der Waals surface area contributed by atoms with Gasteiger partial charge in [-0.3, -0.25) is 0 Å². The molecule has 2 aliphatic rings. The van der Waals surface area contributed by atoms with Gasteiger partial charge in [-0.25, -0.2) is 0 Å². The molecular formula is C16H33N3. The third-order valence-electron chi connectivity index (χ3n) is 5.11. The first kappa shape index (κ1) is 15.3. The van der Waals surface area contributed by atoms with Crippen LogP contribution in [0.5, 0.6) is 0 Å². The maximum absolute atomic E-state index is 3.66. The number of hydrogen-bond donors (Lipinski definition) is 2. The van der Waals surface area contributed by atoms with E-state index >= 15 is 0 Å². The Morgan fingerprint density at radius 2 is 1.79 bits per heavy atom. The number of piperazine rings is 1.